The Kier molecular flexibility index (Phi) is 2.89. The van der Waals surface area contributed by atoms with Crippen molar-refractivity contribution in [2.45, 2.75) is 0 Å². The molecule has 0 fully saturated rings. The molecule has 22 heavy (non-hydrogen) atoms. The number of halogens is 1. The second-order valence-corrected chi connectivity index (χ2v) is 4.87. The molecule has 0 unspecified atom stereocenters. The van der Waals surface area contributed by atoms with E-state index >= 15 is 0 Å². The minimum Gasteiger partial charge on any atom is -0.264 e. The summed E-state index contributed by atoms with van der Waals surface area (Å²) in [6.07, 6.45) is 7.00. The first-order valence-electron chi connectivity index (χ1n) is 6.82. The summed E-state index contributed by atoms with van der Waals surface area (Å²) in [7, 11) is 0. The molecule has 1 aromatic carbocycles. The van der Waals surface area contributed by atoms with Gasteiger partial charge in [0.05, 0.1) is 11.9 Å². The summed E-state index contributed by atoms with van der Waals surface area (Å²) < 4.78 is 14.9. The number of rotatable bonds is 2. The number of aromatic nitrogens is 4. The van der Waals surface area contributed by atoms with Gasteiger partial charge in [-0.1, -0.05) is 12.1 Å². The van der Waals surface area contributed by atoms with Crippen molar-refractivity contribution in [2.24, 2.45) is 0 Å². The van der Waals surface area contributed by atoms with Gasteiger partial charge in [0.1, 0.15) is 5.82 Å². The molecule has 4 nitrogen and oxygen atoms in total. The zero-order chi connectivity index (χ0) is 14.9. The van der Waals surface area contributed by atoms with E-state index in [1.165, 1.54) is 12.1 Å². The molecule has 106 valence electrons. The Morgan fingerprint density at radius 2 is 1.73 bits per heavy atom. The molecule has 4 rings (SSSR count). The van der Waals surface area contributed by atoms with Gasteiger partial charge in [-0.3, -0.25) is 4.98 Å². The summed E-state index contributed by atoms with van der Waals surface area (Å²) in [6, 6.07) is 12.1. The van der Waals surface area contributed by atoms with E-state index in [-0.39, 0.29) is 5.82 Å². The fourth-order valence-electron chi connectivity index (χ4n) is 2.46. The Balaban J connectivity index is 1.92. The summed E-state index contributed by atoms with van der Waals surface area (Å²) in [5, 5.41) is 4.43. The number of benzene rings is 1. The van der Waals surface area contributed by atoms with Crippen LogP contribution in [-0.4, -0.2) is 19.6 Å². The first kappa shape index (κ1) is 12.6. The van der Waals surface area contributed by atoms with E-state index in [9.17, 15) is 4.39 Å². The van der Waals surface area contributed by atoms with Crippen molar-refractivity contribution in [1.82, 2.24) is 19.6 Å². The molecule has 0 saturated carbocycles. The Morgan fingerprint density at radius 3 is 2.50 bits per heavy atom. The number of pyridine rings is 1. The van der Waals surface area contributed by atoms with Gasteiger partial charge in [0, 0.05) is 29.7 Å². The van der Waals surface area contributed by atoms with Gasteiger partial charge in [-0.05, 0) is 35.9 Å². The van der Waals surface area contributed by atoms with Crippen LogP contribution in [0.25, 0.3) is 28.0 Å². The number of fused-ring (bicyclic) bond motifs is 1. The highest BCUT2D eigenvalue weighted by Crippen LogP contribution is 2.26. The highest BCUT2D eigenvalue weighted by molar-refractivity contribution is 5.78. The van der Waals surface area contributed by atoms with Crippen LogP contribution in [0, 0.1) is 5.82 Å². The van der Waals surface area contributed by atoms with Crippen molar-refractivity contribution >= 4 is 5.65 Å². The maximum absolute atomic E-state index is 13.1. The SMILES string of the molecule is Fc1ccc(-c2cnn3c(-c4cccnc4)ccnc23)cc1. The molecule has 3 heterocycles. The molecule has 4 aromatic rings. The van der Waals surface area contributed by atoms with Crippen molar-refractivity contribution in [3.05, 3.63) is 73.1 Å². The fourth-order valence-corrected chi connectivity index (χ4v) is 2.46. The van der Waals surface area contributed by atoms with Gasteiger partial charge in [-0.25, -0.2) is 13.9 Å². The lowest BCUT2D eigenvalue weighted by Gasteiger charge is -2.04. The van der Waals surface area contributed by atoms with Crippen LogP contribution in [0.1, 0.15) is 0 Å². The predicted molar refractivity (Wildman–Crippen MR) is 81.6 cm³/mol. The summed E-state index contributed by atoms with van der Waals surface area (Å²) in [6.45, 7) is 0. The molecule has 0 bridgehead atoms. The second kappa shape index (κ2) is 5.04. The largest absolute Gasteiger partial charge is 0.264 e. The van der Waals surface area contributed by atoms with Crippen molar-refractivity contribution in [3.63, 3.8) is 0 Å². The van der Waals surface area contributed by atoms with Crippen LogP contribution in [0.3, 0.4) is 0 Å². The molecule has 0 N–H and O–H groups in total. The van der Waals surface area contributed by atoms with Crippen LogP contribution >= 0.6 is 0 Å². The van der Waals surface area contributed by atoms with Crippen LogP contribution in [0.5, 0.6) is 0 Å². The number of nitrogens with zero attached hydrogens (tertiary/aromatic N) is 4. The van der Waals surface area contributed by atoms with Gasteiger partial charge in [0.15, 0.2) is 5.65 Å². The second-order valence-electron chi connectivity index (χ2n) is 4.87. The monoisotopic (exact) mass is 290 g/mol. The molecule has 0 saturated heterocycles. The zero-order valence-corrected chi connectivity index (χ0v) is 11.5. The van der Waals surface area contributed by atoms with Crippen LogP contribution in [-0.2, 0) is 0 Å². The molecular weight excluding hydrogens is 279 g/mol. The zero-order valence-electron chi connectivity index (χ0n) is 11.5. The van der Waals surface area contributed by atoms with E-state index in [0.717, 1.165) is 28.0 Å². The van der Waals surface area contributed by atoms with E-state index in [2.05, 4.69) is 15.1 Å². The normalized spacial score (nSPS) is 11.0. The maximum Gasteiger partial charge on any atom is 0.163 e. The van der Waals surface area contributed by atoms with Crippen molar-refractivity contribution in [2.75, 3.05) is 0 Å². The minimum absolute atomic E-state index is 0.260. The van der Waals surface area contributed by atoms with E-state index in [1.807, 2.05) is 18.2 Å². The van der Waals surface area contributed by atoms with Crippen molar-refractivity contribution in [3.8, 4) is 22.4 Å². The van der Waals surface area contributed by atoms with Crippen LogP contribution in [0.2, 0.25) is 0 Å². The lowest BCUT2D eigenvalue weighted by Crippen LogP contribution is -1.95. The standard InChI is InChI=1S/C17H11FN4/c18-14-5-3-12(4-6-14)15-11-21-22-16(7-9-20-17(15)22)13-2-1-8-19-10-13/h1-11H. The Labute approximate surface area is 125 Å². The summed E-state index contributed by atoms with van der Waals surface area (Å²) in [5.74, 6) is -0.260. The third-order valence-corrected chi connectivity index (χ3v) is 3.51. The molecule has 0 atom stereocenters. The smallest absolute Gasteiger partial charge is 0.163 e. The van der Waals surface area contributed by atoms with Gasteiger partial charge < -0.3 is 0 Å². The van der Waals surface area contributed by atoms with Crippen molar-refractivity contribution < 1.29 is 4.39 Å². The molecule has 0 spiro atoms. The number of hydrogen-bond acceptors (Lipinski definition) is 3. The van der Waals surface area contributed by atoms with Gasteiger partial charge in [0.2, 0.25) is 0 Å². The molecule has 3 aromatic heterocycles. The topological polar surface area (TPSA) is 43.1 Å². The third kappa shape index (κ3) is 2.03. The third-order valence-electron chi connectivity index (χ3n) is 3.51. The summed E-state index contributed by atoms with van der Waals surface area (Å²) in [5.41, 5.74) is 4.35. The van der Waals surface area contributed by atoms with E-state index < -0.39 is 0 Å². The molecule has 0 radical (unpaired) electrons. The molecular formula is C17H11FN4. The van der Waals surface area contributed by atoms with E-state index in [1.54, 1.807) is 41.4 Å². The molecule has 5 heteroatoms. The van der Waals surface area contributed by atoms with Crippen molar-refractivity contribution in [1.29, 1.82) is 0 Å². The highest BCUT2D eigenvalue weighted by atomic mass is 19.1. The lowest BCUT2D eigenvalue weighted by atomic mass is 10.1. The highest BCUT2D eigenvalue weighted by Gasteiger charge is 2.11. The van der Waals surface area contributed by atoms with E-state index in [4.69, 9.17) is 0 Å². The van der Waals surface area contributed by atoms with Crippen LogP contribution < -0.4 is 0 Å². The summed E-state index contributed by atoms with van der Waals surface area (Å²) in [4.78, 5) is 8.55. The van der Waals surface area contributed by atoms with Crippen LogP contribution in [0.15, 0.2) is 67.3 Å². The Hall–Kier alpha value is -3.08. The fraction of sp³-hybridized carbons (Fsp3) is 0. The predicted octanol–water partition coefficient (Wildman–Crippen LogP) is 3.60. The van der Waals surface area contributed by atoms with Gasteiger partial charge in [0.25, 0.3) is 0 Å². The first-order chi connectivity index (χ1) is 10.8. The van der Waals surface area contributed by atoms with Crippen LogP contribution in [0.4, 0.5) is 4.39 Å². The van der Waals surface area contributed by atoms with Gasteiger partial charge in [-0.15, -0.1) is 0 Å². The Morgan fingerprint density at radius 1 is 0.864 bits per heavy atom. The lowest BCUT2D eigenvalue weighted by molar-refractivity contribution is 0.628. The molecule has 0 aliphatic rings. The van der Waals surface area contributed by atoms with Gasteiger partial charge >= 0.3 is 0 Å². The molecule has 0 amide bonds. The average Bonchev–Trinajstić information content (AvgIpc) is 3.00. The maximum atomic E-state index is 13.1. The minimum atomic E-state index is -0.260. The number of hydrogen-bond donors (Lipinski definition) is 0. The molecule has 0 aliphatic heterocycles. The van der Waals surface area contributed by atoms with E-state index in [0.29, 0.717) is 0 Å². The summed E-state index contributed by atoms with van der Waals surface area (Å²) >= 11 is 0. The molecule has 0 aliphatic carbocycles. The quantitative estimate of drug-likeness (QED) is 0.566. The Bertz CT molecular complexity index is 930. The average molecular weight is 290 g/mol. The van der Waals surface area contributed by atoms with Gasteiger partial charge in [-0.2, -0.15) is 5.10 Å². The first-order valence-corrected chi connectivity index (χ1v) is 6.82.